The zero-order valence-electron chi connectivity index (χ0n) is 9.81. The molecule has 0 saturated carbocycles. The van der Waals surface area contributed by atoms with Crippen LogP contribution >= 0.6 is 0 Å². The maximum atomic E-state index is 11.6. The molecular formula is C12H16N2O3. The molecular weight excluding hydrogens is 220 g/mol. The molecule has 0 aliphatic carbocycles. The number of anilines is 1. The van der Waals surface area contributed by atoms with Crippen LogP contribution in [0.1, 0.15) is 24.2 Å². The van der Waals surface area contributed by atoms with E-state index in [1.54, 1.807) is 0 Å². The molecule has 1 aromatic carbocycles. The SMILES string of the molecule is CC(C)[C@@H](N)C(=O)Nc1ccc(C(=O)O)cc1. The molecule has 0 heterocycles. The number of rotatable bonds is 4. The monoisotopic (exact) mass is 236 g/mol. The minimum atomic E-state index is -0.998. The normalized spacial score (nSPS) is 12.2. The van der Waals surface area contributed by atoms with Gasteiger partial charge >= 0.3 is 5.97 Å². The van der Waals surface area contributed by atoms with Gasteiger partial charge in [-0.05, 0) is 30.2 Å². The van der Waals surface area contributed by atoms with E-state index in [0.717, 1.165) is 0 Å². The number of carboxylic acid groups (broad SMARTS) is 1. The fraction of sp³-hybridized carbons (Fsp3) is 0.333. The number of hydrogen-bond acceptors (Lipinski definition) is 3. The maximum absolute atomic E-state index is 11.6. The van der Waals surface area contributed by atoms with Crippen molar-refractivity contribution < 1.29 is 14.7 Å². The van der Waals surface area contributed by atoms with Crippen LogP contribution in [0.4, 0.5) is 5.69 Å². The molecule has 0 fully saturated rings. The van der Waals surface area contributed by atoms with Crippen LogP contribution in [0.3, 0.4) is 0 Å². The van der Waals surface area contributed by atoms with E-state index in [4.69, 9.17) is 10.8 Å². The number of aromatic carboxylic acids is 1. The molecule has 5 heteroatoms. The van der Waals surface area contributed by atoms with Crippen molar-refractivity contribution in [3.8, 4) is 0 Å². The highest BCUT2D eigenvalue weighted by molar-refractivity contribution is 5.95. The highest BCUT2D eigenvalue weighted by Gasteiger charge is 2.17. The minimum Gasteiger partial charge on any atom is -0.478 e. The number of nitrogens with two attached hydrogens (primary N) is 1. The smallest absolute Gasteiger partial charge is 0.335 e. The molecule has 0 bridgehead atoms. The first-order valence-corrected chi connectivity index (χ1v) is 5.31. The summed E-state index contributed by atoms with van der Waals surface area (Å²) in [6.45, 7) is 3.72. The predicted octanol–water partition coefficient (Wildman–Crippen LogP) is 1.31. The minimum absolute atomic E-state index is 0.0493. The summed E-state index contributed by atoms with van der Waals surface area (Å²) >= 11 is 0. The summed E-state index contributed by atoms with van der Waals surface area (Å²) < 4.78 is 0. The van der Waals surface area contributed by atoms with Gasteiger partial charge in [0.1, 0.15) is 0 Å². The topological polar surface area (TPSA) is 92.4 Å². The standard InChI is InChI=1S/C12H16N2O3/c1-7(2)10(13)11(15)14-9-5-3-8(4-6-9)12(16)17/h3-7,10H,13H2,1-2H3,(H,14,15)(H,16,17)/t10-/m1/s1. The quantitative estimate of drug-likeness (QED) is 0.734. The molecule has 1 aromatic rings. The Morgan fingerprint density at radius 3 is 2.18 bits per heavy atom. The second-order valence-corrected chi connectivity index (χ2v) is 4.14. The summed E-state index contributed by atoms with van der Waals surface area (Å²) in [7, 11) is 0. The first-order valence-electron chi connectivity index (χ1n) is 5.31. The molecule has 17 heavy (non-hydrogen) atoms. The molecule has 0 aliphatic heterocycles. The fourth-order valence-corrected chi connectivity index (χ4v) is 1.22. The van der Waals surface area contributed by atoms with Crippen molar-refractivity contribution in [1.29, 1.82) is 0 Å². The van der Waals surface area contributed by atoms with Gasteiger partial charge in [-0.25, -0.2) is 4.79 Å². The molecule has 0 unspecified atom stereocenters. The van der Waals surface area contributed by atoms with Gasteiger partial charge in [0.05, 0.1) is 11.6 Å². The maximum Gasteiger partial charge on any atom is 0.335 e. The van der Waals surface area contributed by atoms with Gasteiger partial charge in [0.25, 0.3) is 0 Å². The molecule has 0 spiro atoms. The summed E-state index contributed by atoms with van der Waals surface area (Å²) in [6.07, 6.45) is 0. The van der Waals surface area contributed by atoms with Crippen molar-refractivity contribution in [3.05, 3.63) is 29.8 Å². The van der Waals surface area contributed by atoms with E-state index in [-0.39, 0.29) is 17.4 Å². The summed E-state index contributed by atoms with van der Waals surface area (Å²) in [6, 6.07) is 5.36. The Labute approximate surface area is 99.6 Å². The molecule has 92 valence electrons. The van der Waals surface area contributed by atoms with Crippen molar-refractivity contribution in [2.75, 3.05) is 5.32 Å². The van der Waals surface area contributed by atoms with E-state index in [9.17, 15) is 9.59 Å². The summed E-state index contributed by atoms with van der Waals surface area (Å²) in [4.78, 5) is 22.2. The first kappa shape index (κ1) is 13.2. The second-order valence-electron chi connectivity index (χ2n) is 4.14. The van der Waals surface area contributed by atoms with Gasteiger partial charge in [-0.15, -0.1) is 0 Å². The van der Waals surface area contributed by atoms with E-state index in [1.807, 2.05) is 13.8 Å². The van der Waals surface area contributed by atoms with Crippen LogP contribution in [0.2, 0.25) is 0 Å². The predicted molar refractivity (Wildman–Crippen MR) is 64.8 cm³/mol. The van der Waals surface area contributed by atoms with Crippen LogP contribution in [0.5, 0.6) is 0 Å². The molecule has 0 aliphatic rings. The lowest BCUT2D eigenvalue weighted by Gasteiger charge is -2.15. The zero-order chi connectivity index (χ0) is 13.0. The Balaban J connectivity index is 2.70. The number of hydrogen-bond donors (Lipinski definition) is 3. The third kappa shape index (κ3) is 3.57. The van der Waals surface area contributed by atoms with Crippen LogP contribution in [0.25, 0.3) is 0 Å². The van der Waals surface area contributed by atoms with Crippen LogP contribution in [-0.4, -0.2) is 23.0 Å². The van der Waals surface area contributed by atoms with Gasteiger partial charge in [0.15, 0.2) is 0 Å². The van der Waals surface area contributed by atoms with E-state index < -0.39 is 12.0 Å². The highest BCUT2D eigenvalue weighted by atomic mass is 16.4. The number of benzene rings is 1. The zero-order valence-corrected chi connectivity index (χ0v) is 9.81. The molecule has 0 radical (unpaired) electrons. The third-order valence-corrected chi connectivity index (χ3v) is 2.42. The molecule has 1 rings (SSSR count). The summed E-state index contributed by atoms with van der Waals surface area (Å²) in [5.41, 5.74) is 6.39. The number of carbonyl (C=O) groups is 2. The number of amides is 1. The fourth-order valence-electron chi connectivity index (χ4n) is 1.22. The average Bonchev–Trinajstić information content (AvgIpc) is 2.28. The Morgan fingerprint density at radius 2 is 1.76 bits per heavy atom. The Hall–Kier alpha value is -1.88. The Kier molecular flexibility index (Phi) is 4.23. The van der Waals surface area contributed by atoms with Crippen molar-refractivity contribution in [2.24, 2.45) is 11.7 Å². The lowest BCUT2D eigenvalue weighted by Crippen LogP contribution is -2.39. The largest absolute Gasteiger partial charge is 0.478 e. The average molecular weight is 236 g/mol. The Morgan fingerprint density at radius 1 is 1.24 bits per heavy atom. The van der Waals surface area contributed by atoms with Gasteiger partial charge in [0, 0.05) is 5.69 Å². The number of carbonyl (C=O) groups excluding carboxylic acids is 1. The molecule has 1 amide bonds. The second kappa shape index (κ2) is 5.45. The lowest BCUT2D eigenvalue weighted by molar-refractivity contribution is -0.118. The third-order valence-electron chi connectivity index (χ3n) is 2.42. The van der Waals surface area contributed by atoms with Crippen molar-refractivity contribution in [1.82, 2.24) is 0 Å². The van der Waals surface area contributed by atoms with E-state index in [1.165, 1.54) is 24.3 Å². The molecule has 5 nitrogen and oxygen atoms in total. The van der Waals surface area contributed by atoms with Crippen LogP contribution in [0, 0.1) is 5.92 Å². The van der Waals surface area contributed by atoms with Gasteiger partial charge in [0.2, 0.25) is 5.91 Å². The van der Waals surface area contributed by atoms with Crippen molar-refractivity contribution in [3.63, 3.8) is 0 Å². The van der Waals surface area contributed by atoms with Gasteiger partial charge in [-0.2, -0.15) is 0 Å². The summed E-state index contributed by atoms with van der Waals surface area (Å²) in [5, 5.41) is 11.3. The highest BCUT2D eigenvalue weighted by Crippen LogP contribution is 2.11. The number of nitrogens with one attached hydrogen (secondary N) is 1. The van der Waals surface area contributed by atoms with E-state index in [0.29, 0.717) is 5.69 Å². The molecule has 4 N–H and O–H groups in total. The lowest BCUT2D eigenvalue weighted by atomic mass is 10.0. The van der Waals surface area contributed by atoms with Crippen LogP contribution in [-0.2, 0) is 4.79 Å². The van der Waals surface area contributed by atoms with Gasteiger partial charge in [-0.3, -0.25) is 4.79 Å². The van der Waals surface area contributed by atoms with Crippen LogP contribution in [0.15, 0.2) is 24.3 Å². The first-order chi connectivity index (χ1) is 7.91. The van der Waals surface area contributed by atoms with Crippen molar-refractivity contribution >= 4 is 17.6 Å². The van der Waals surface area contributed by atoms with Gasteiger partial charge in [-0.1, -0.05) is 13.8 Å². The Bertz CT molecular complexity index is 412. The number of carboxylic acids is 1. The van der Waals surface area contributed by atoms with E-state index in [2.05, 4.69) is 5.32 Å². The van der Waals surface area contributed by atoms with E-state index >= 15 is 0 Å². The molecule has 0 saturated heterocycles. The summed E-state index contributed by atoms with van der Waals surface area (Å²) in [5.74, 6) is -1.22. The van der Waals surface area contributed by atoms with Gasteiger partial charge < -0.3 is 16.2 Å². The molecule has 1 atom stereocenters. The van der Waals surface area contributed by atoms with Crippen LogP contribution < -0.4 is 11.1 Å². The van der Waals surface area contributed by atoms with Crippen molar-refractivity contribution in [2.45, 2.75) is 19.9 Å². The molecule has 0 aromatic heterocycles.